The van der Waals surface area contributed by atoms with Gasteiger partial charge < -0.3 is 4.90 Å². The van der Waals surface area contributed by atoms with Crippen molar-refractivity contribution in [2.45, 2.75) is 20.4 Å². The minimum absolute atomic E-state index is 1.07. The fourth-order valence-electron chi connectivity index (χ4n) is 2.70. The molecule has 1 aromatic carbocycles. The monoisotopic (exact) mass is 275 g/mol. The Labute approximate surface area is 118 Å². The average Bonchev–Trinajstić information content (AvgIpc) is 2.79. The van der Waals surface area contributed by atoms with E-state index in [9.17, 15) is 0 Å². The van der Waals surface area contributed by atoms with Crippen LogP contribution in [-0.2, 0) is 6.54 Å². The number of likely N-dealkylation sites (N-methyl/N-ethyl adjacent to an activating group) is 1. The molecule has 1 aliphatic heterocycles. The number of benzene rings is 1. The Morgan fingerprint density at radius 1 is 1.16 bits per heavy atom. The number of aromatic nitrogens is 1. The van der Waals surface area contributed by atoms with Crippen molar-refractivity contribution in [3.05, 3.63) is 28.8 Å². The molecule has 2 heterocycles. The Morgan fingerprint density at radius 2 is 1.89 bits per heavy atom. The maximum atomic E-state index is 4.52. The summed E-state index contributed by atoms with van der Waals surface area (Å²) in [6.07, 6.45) is 0. The van der Waals surface area contributed by atoms with Gasteiger partial charge in [0.05, 0.1) is 15.2 Å². The summed E-state index contributed by atoms with van der Waals surface area (Å²) in [6.45, 7) is 11.4. The molecule has 3 rings (SSSR count). The molecule has 0 unspecified atom stereocenters. The molecule has 0 saturated carbocycles. The molecule has 0 bridgehead atoms. The number of aryl methyl sites for hydroxylation is 1. The smallest absolute Gasteiger partial charge is 0.0907 e. The molecule has 1 fully saturated rings. The van der Waals surface area contributed by atoms with Gasteiger partial charge in [-0.15, -0.1) is 11.3 Å². The van der Waals surface area contributed by atoms with Crippen LogP contribution >= 0.6 is 11.3 Å². The van der Waals surface area contributed by atoms with Crippen molar-refractivity contribution in [3.63, 3.8) is 0 Å². The van der Waals surface area contributed by atoms with Gasteiger partial charge in [-0.2, -0.15) is 0 Å². The molecule has 0 radical (unpaired) electrons. The molecule has 4 heteroatoms. The molecule has 0 amide bonds. The van der Waals surface area contributed by atoms with Gasteiger partial charge in [-0.25, -0.2) is 4.98 Å². The Balaban J connectivity index is 1.68. The number of nitrogens with zero attached hydrogens (tertiary/aromatic N) is 3. The lowest BCUT2D eigenvalue weighted by atomic mass is 10.2. The zero-order valence-corrected chi connectivity index (χ0v) is 12.5. The first-order valence-corrected chi connectivity index (χ1v) is 7.87. The summed E-state index contributed by atoms with van der Waals surface area (Å²) in [5.74, 6) is 0. The highest BCUT2D eigenvalue weighted by molar-refractivity contribution is 7.18. The molecule has 19 heavy (non-hydrogen) atoms. The molecule has 0 N–H and O–H groups in total. The van der Waals surface area contributed by atoms with Crippen molar-refractivity contribution < 1.29 is 0 Å². The van der Waals surface area contributed by atoms with Gasteiger partial charge in [-0.05, 0) is 31.2 Å². The second-order valence-corrected chi connectivity index (χ2v) is 6.48. The third-order valence-electron chi connectivity index (χ3n) is 3.88. The van der Waals surface area contributed by atoms with Gasteiger partial charge >= 0.3 is 0 Å². The van der Waals surface area contributed by atoms with Gasteiger partial charge in [-0.3, -0.25) is 4.90 Å². The van der Waals surface area contributed by atoms with Crippen molar-refractivity contribution in [2.75, 3.05) is 32.7 Å². The molecule has 0 atom stereocenters. The molecular weight excluding hydrogens is 254 g/mol. The van der Waals surface area contributed by atoms with Crippen molar-refractivity contribution in [1.82, 2.24) is 14.8 Å². The predicted molar refractivity (Wildman–Crippen MR) is 81.7 cm³/mol. The molecule has 102 valence electrons. The van der Waals surface area contributed by atoms with Crippen LogP contribution in [0.4, 0.5) is 0 Å². The molecule has 1 saturated heterocycles. The Hall–Kier alpha value is -0.970. The van der Waals surface area contributed by atoms with Crippen molar-refractivity contribution in [2.24, 2.45) is 0 Å². The molecule has 1 aliphatic rings. The van der Waals surface area contributed by atoms with Gasteiger partial charge in [0, 0.05) is 32.7 Å². The SMILES string of the molecule is CCN1CCN(Cc2ccc3nc(C)sc3c2)CC1. The normalized spacial score (nSPS) is 18.2. The number of rotatable bonds is 3. The van der Waals surface area contributed by atoms with E-state index in [0.29, 0.717) is 0 Å². The highest BCUT2D eigenvalue weighted by Gasteiger charge is 2.15. The standard InChI is InChI=1S/C15H21N3S/c1-3-17-6-8-18(9-7-17)11-13-4-5-14-15(10-13)19-12(2)16-14/h4-5,10H,3,6-9,11H2,1-2H3. The third-order valence-corrected chi connectivity index (χ3v) is 4.81. The van der Waals surface area contributed by atoms with Crippen LogP contribution in [0.5, 0.6) is 0 Å². The quantitative estimate of drug-likeness (QED) is 0.858. The summed E-state index contributed by atoms with van der Waals surface area (Å²) in [6, 6.07) is 6.70. The molecule has 2 aromatic rings. The van der Waals surface area contributed by atoms with Crippen LogP contribution in [0.15, 0.2) is 18.2 Å². The van der Waals surface area contributed by atoms with E-state index < -0.39 is 0 Å². The Bertz CT molecular complexity index is 556. The fourth-order valence-corrected chi connectivity index (χ4v) is 3.60. The number of fused-ring (bicyclic) bond motifs is 1. The lowest BCUT2D eigenvalue weighted by molar-refractivity contribution is 0.132. The number of piperazine rings is 1. The number of hydrogen-bond acceptors (Lipinski definition) is 4. The summed E-state index contributed by atoms with van der Waals surface area (Å²) in [7, 11) is 0. The van der Waals surface area contributed by atoms with Crippen LogP contribution < -0.4 is 0 Å². The molecule has 3 nitrogen and oxygen atoms in total. The zero-order valence-electron chi connectivity index (χ0n) is 11.7. The van der Waals surface area contributed by atoms with E-state index in [4.69, 9.17) is 0 Å². The van der Waals surface area contributed by atoms with Crippen LogP contribution in [0.1, 0.15) is 17.5 Å². The first-order valence-electron chi connectivity index (χ1n) is 7.05. The van der Waals surface area contributed by atoms with Crippen molar-refractivity contribution >= 4 is 21.6 Å². The summed E-state index contributed by atoms with van der Waals surface area (Å²) in [5, 5.41) is 1.16. The molecular formula is C15H21N3S. The topological polar surface area (TPSA) is 19.4 Å². The van der Waals surface area contributed by atoms with E-state index in [2.05, 4.69) is 46.8 Å². The van der Waals surface area contributed by atoms with E-state index in [-0.39, 0.29) is 0 Å². The third kappa shape index (κ3) is 2.96. The first-order chi connectivity index (χ1) is 9.24. The first kappa shape index (κ1) is 13.0. The molecule has 0 aliphatic carbocycles. The fraction of sp³-hybridized carbons (Fsp3) is 0.533. The van der Waals surface area contributed by atoms with E-state index in [1.165, 1.54) is 43.0 Å². The largest absolute Gasteiger partial charge is 0.301 e. The van der Waals surface area contributed by atoms with Gasteiger partial charge in [-0.1, -0.05) is 13.0 Å². The van der Waals surface area contributed by atoms with Crippen molar-refractivity contribution in [3.8, 4) is 0 Å². The number of hydrogen-bond donors (Lipinski definition) is 0. The second kappa shape index (κ2) is 5.57. The Morgan fingerprint density at radius 3 is 2.63 bits per heavy atom. The van der Waals surface area contributed by atoms with Crippen LogP contribution in [0, 0.1) is 6.92 Å². The van der Waals surface area contributed by atoms with Crippen LogP contribution in [0.3, 0.4) is 0 Å². The number of thiazole rings is 1. The van der Waals surface area contributed by atoms with Gasteiger partial charge in [0.25, 0.3) is 0 Å². The van der Waals surface area contributed by atoms with Crippen molar-refractivity contribution in [1.29, 1.82) is 0 Å². The van der Waals surface area contributed by atoms with Crippen LogP contribution in [0.2, 0.25) is 0 Å². The van der Waals surface area contributed by atoms with E-state index in [0.717, 1.165) is 17.1 Å². The second-order valence-electron chi connectivity index (χ2n) is 5.25. The molecule has 0 spiro atoms. The minimum atomic E-state index is 1.07. The summed E-state index contributed by atoms with van der Waals surface area (Å²) in [5.41, 5.74) is 2.56. The van der Waals surface area contributed by atoms with E-state index >= 15 is 0 Å². The zero-order chi connectivity index (χ0) is 13.2. The Kier molecular flexibility index (Phi) is 3.82. The van der Waals surface area contributed by atoms with Crippen LogP contribution in [-0.4, -0.2) is 47.5 Å². The minimum Gasteiger partial charge on any atom is -0.301 e. The lowest BCUT2D eigenvalue weighted by Crippen LogP contribution is -2.45. The van der Waals surface area contributed by atoms with Gasteiger partial charge in [0.1, 0.15) is 0 Å². The molecule has 1 aromatic heterocycles. The summed E-state index contributed by atoms with van der Waals surface area (Å²) in [4.78, 5) is 9.60. The highest BCUT2D eigenvalue weighted by atomic mass is 32.1. The van der Waals surface area contributed by atoms with Gasteiger partial charge in [0.15, 0.2) is 0 Å². The van der Waals surface area contributed by atoms with Crippen LogP contribution in [0.25, 0.3) is 10.2 Å². The lowest BCUT2D eigenvalue weighted by Gasteiger charge is -2.34. The average molecular weight is 275 g/mol. The summed E-state index contributed by atoms with van der Waals surface area (Å²) >= 11 is 1.79. The van der Waals surface area contributed by atoms with E-state index in [1.807, 2.05) is 0 Å². The summed E-state index contributed by atoms with van der Waals surface area (Å²) < 4.78 is 1.32. The maximum absolute atomic E-state index is 4.52. The maximum Gasteiger partial charge on any atom is 0.0907 e. The van der Waals surface area contributed by atoms with Gasteiger partial charge in [0.2, 0.25) is 0 Å². The van der Waals surface area contributed by atoms with E-state index in [1.54, 1.807) is 11.3 Å². The highest BCUT2D eigenvalue weighted by Crippen LogP contribution is 2.23. The predicted octanol–water partition coefficient (Wildman–Crippen LogP) is 2.74.